The van der Waals surface area contributed by atoms with Crippen LogP contribution in [0.1, 0.15) is 17.0 Å². The second kappa shape index (κ2) is 10.0. The summed E-state index contributed by atoms with van der Waals surface area (Å²) in [7, 11) is 0. The van der Waals surface area contributed by atoms with Crippen LogP contribution in [0.15, 0.2) is 115 Å². The zero-order valence-electron chi connectivity index (χ0n) is 18.2. The summed E-state index contributed by atoms with van der Waals surface area (Å²) in [6.45, 7) is 0. The maximum Gasteiger partial charge on any atom is 0.238 e. The molecular weight excluding hydrogens is 460 g/mol. The summed E-state index contributed by atoms with van der Waals surface area (Å²) in [5.41, 5.74) is 4.70. The first-order chi connectivity index (χ1) is 16.7. The molecule has 1 N–H and O–H groups in total. The standard InChI is InChI=1S/C29H21ClN2OS/c30-24-18-16-23(17-19-24)27-26(22-14-8-3-9-15-22)31-29(34-27)32-28(33)25(20-10-4-1-5-11-20)21-12-6-2-7-13-21/h1-19,25H,(H,31,32,33). The first-order valence-corrected chi connectivity index (χ1v) is 12.1. The van der Waals surface area contributed by atoms with E-state index in [-0.39, 0.29) is 5.91 Å². The summed E-state index contributed by atoms with van der Waals surface area (Å²) in [5, 5.41) is 4.33. The van der Waals surface area contributed by atoms with Crippen molar-refractivity contribution in [2.75, 3.05) is 5.32 Å². The number of anilines is 1. The average Bonchev–Trinajstić information content (AvgIpc) is 3.30. The molecule has 0 radical (unpaired) electrons. The molecule has 4 aromatic carbocycles. The Morgan fingerprint density at radius 3 is 1.79 bits per heavy atom. The number of thiazole rings is 1. The van der Waals surface area contributed by atoms with Crippen LogP contribution in [0, 0.1) is 0 Å². The molecule has 5 heteroatoms. The van der Waals surface area contributed by atoms with E-state index in [4.69, 9.17) is 16.6 Å². The van der Waals surface area contributed by atoms with Crippen molar-refractivity contribution >= 4 is 34.0 Å². The third-order valence-electron chi connectivity index (χ3n) is 5.54. The maximum atomic E-state index is 13.6. The molecule has 0 atom stereocenters. The van der Waals surface area contributed by atoms with Crippen LogP contribution in [0.25, 0.3) is 21.7 Å². The molecule has 0 saturated carbocycles. The third-order valence-corrected chi connectivity index (χ3v) is 6.81. The first-order valence-electron chi connectivity index (χ1n) is 10.9. The van der Waals surface area contributed by atoms with Gasteiger partial charge in [-0.15, -0.1) is 0 Å². The number of carbonyl (C=O) groups is 1. The van der Waals surface area contributed by atoms with Crippen LogP contribution in [0.4, 0.5) is 5.13 Å². The van der Waals surface area contributed by atoms with E-state index in [0.29, 0.717) is 10.2 Å². The molecule has 0 aliphatic heterocycles. The fourth-order valence-corrected chi connectivity index (χ4v) is 5.05. The van der Waals surface area contributed by atoms with E-state index in [1.165, 1.54) is 11.3 Å². The van der Waals surface area contributed by atoms with E-state index in [1.54, 1.807) is 0 Å². The van der Waals surface area contributed by atoms with Crippen LogP contribution < -0.4 is 5.32 Å². The van der Waals surface area contributed by atoms with Gasteiger partial charge in [0.25, 0.3) is 0 Å². The van der Waals surface area contributed by atoms with Crippen molar-refractivity contribution in [1.29, 1.82) is 0 Å². The quantitative estimate of drug-likeness (QED) is 0.268. The van der Waals surface area contributed by atoms with Gasteiger partial charge in [-0.1, -0.05) is 126 Å². The Bertz CT molecular complexity index is 1350. The average molecular weight is 481 g/mol. The summed E-state index contributed by atoms with van der Waals surface area (Å²) in [6.07, 6.45) is 0. The predicted octanol–water partition coefficient (Wildman–Crippen LogP) is 7.90. The van der Waals surface area contributed by atoms with Gasteiger partial charge in [-0.3, -0.25) is 4.79 Å². The van der Waals surface area contributed by atoms with Crippen LogP contribution in [0.3, 0.4) is 0 Å². The number of nitrogens with one attached hydrogen (secondary N) is 1. The lowest BCUT2D eigenvalue weighted by Crippen LogP contribution is -2.22. The van der Waals surface area contributed by atoms with E-state index >= 15 is 0 Å². The van der Waals surface area contributed by atoms with Crippen LogP contribution >= 0.6 is 22.9 Å². The van der Waals surface area contributed by atoms with E-state index in [0.717, 1.165) is 32.8 Å². The number of aromatic nitrogens is 1. The van der Waals surface area contributed by atoms with Gasteiger partial charge in [0.05, 0.1) is 16.5 Å². The molecule has 34 heavy (non-hydrogen) atoms. The lowest BCUT2D eigenvalue weighted by molar-refractivity contribution is -0.116. The van der Waals surface area contributed by atoms with E-state index in [1.807, 2.05) is 115 Å². The summed E-state index contributed by atoms with van der Waals surface area (Å²) in [5.74, 6) is -0.557. The molecule has 5 aromatic rings. The maximum absolute atomic E-state index is 13.6. The molecular formula is C29H21ClN2OS. The molecule has 0 spiro atoms. The molecule has 1 amide bonds. The molecule has 5 rings (SSSR count). The molecule has 0 saturated heterocycles. The Morgan fingerprint density at radius 1 is 0.706 bits per heavy atom. The number of benzene rings is 4. The van der Waals surface area contributed by atoms with Gasteiger partial charge in [-0.2, -0.15) is 0 Å². The smallest absolute Gasteiger partial charge is 0.238 e. The van der Waals surface area contributed by atoms with Crippen molar-refractivity contribution in [1.82, 2.24) is 4.98 Å². The third kappa shape index (κ3) is 4.79. The molecule has 0 aliphatic rings. The Balaban J connectivity index is 1.53. The van der Waals surface area contributed by atoms with Gasteiger partial charge < -0.3 is 5.32 Å². The number of halogens is 1. The number of hydrogen-bond donors (Lipinski definition) is 1. The normalized spacial score (nSPS) is 10.9. The fourth-order valence-electron chi connectivity index (χ4n) is 3.93. The molecule has 0 fully saturated rings. The van der Waals surface area contributed by atoms with Crippen LogP contribution in [-0.4, -0.2) is 10.9 Å². The molecule has 3 nitrogen and oxygen atoms in total. The zero-order chi connectivity index (χ0) is 23.3. The predicted molar refractivity (Wildman–Crippen MR) is 141 cm³/mol. The second-order valence-corrected chi connectivity index (χ2v) is 9.25. The van der Waals surface area contributed by atoms with Crippen molar-refractivity contribution in [3.05, 3.63) is 131 Å². The summed E-state index contributed by atoms with van der Waals surface area (Å²) in [4.78, 5) is 19.4. The Morgan fingerprint density at radius 2 is 1.24 bits per heavy atom. The van der Waals surface area contributed by atoms with Crippen molar-refractivity contribution in [2.24, 2.45) is 0 Å². The van der Waals surface area contributed by atoms with Crippen molar-refractivity contribution in [2.45, 2.75) is 5.92 Å². The number of hydrogen-bond acceptors (Lipinski definition) is 3. The molecule has 1 heterocycles. The Hall–Kier alpha value is -3.73. The minimum Gasteiger partial charge on any atom is -0.301 e. The second-order valence-electron chi connectivity index (χ2n) is 7.81. The van der Waals surface area contributed by atoms with Gasteiger partial charge in [-0.25, -0.2) is 4.98 Å². The van der Waals surface area contributed by atoms with Gasteiger partial charge in [0.2, 0.25) is 5.91 Å². The lowest BCUT2D eigenvalue weighted by Gasteiger charge is -2.17. The monoisotopic (exact) mass is 480 g/mol. The lowest BCUT2D eigenvalue weighted by atomic mass is 9.90. The number of amides is 1. The molecule has 1 aromatic heterocycles. The minimum atomic E-state index is -0.439. The minimum absolute atomic E-state index is 0.117. The molecule has 0 unspecified atom stereocenters. The molecule has 0 aliphatic carbocycles. The summed E-state index contributed by atoms with van der Waals surface area (Å²) < 4.78 is 0. The van der Waals surface area contributed by atoms with Crippen LogP contribution in [0.2, 0.25) is 5.02 Å². The number of rotatable bonds is 6. The molecule has 0 bridgehead atoms. The van der Waals surface area contributed by atoms with Gasteiger partial charge in [0, 0.05) is 10.6 Å². The van der Waals surface area contributed by atoms with Gasteiger partial charge in [0.1, 0.15) is 0 Å². The van der Waals surface area contributed by atoms with Crippen LogP contribution in [0.5, 0.6) is 0 Å². The Kier molecular flexibility index (Phi) is 6.52. The molecule has 166 valence electrons. The zero-order valence-corrected chi connectivity index (χ0v) is 19.8. The highest BCUT2D eigenvalue weighted by atomic mass is 35.5. The fraction of sp³-hybridized carbons (Fsp3) is 0.0345. The summed E-state index contributed by atoms with van der Waals surface area (Å²) in [6, 6.07) is 37.3. The van der Waals surface area contributed by atoms with E-state index < -0.39 is 5.92 Å². The van der Waals surface area contributed by atoms with Crippen molar-refractivity contribution in [3.8, 4) is 21.7 Å². The topological polar surface area (TPSA) is 42.0 Å². The SMILES string of the molecule is O=C(Nc1nc(-c2ccccc2)c(-c2ccc(Cl)cc2)s1)C(c1ccccc1)c1ccccc1. The highest BCUT2D eigenvalue weighted by Crippen LogP contribution is 2.40. The van der Waals surface area contributed by atoms with Gasteiger partial charge in [0.15, 0.2) is 5.13 Å². The largest absolute Gasteiger partial charge is 0.301 e. The highest BCUT2D eigenvalue weighted by molar-refractivity contribution is 7.19. The first kappa shape index (κ1) is 22.1. The Labute approximate surface area is 207 Å². The van der Waals surface area contributed by atoms with E-state index in [9.17, 15) is 4.79 Å². The number of carbonyl (C=O) groups excluding carboxylic acids is 1. The number of nitrogens with zero attached hydrogens (tertiary/aromatic N) is 1. The highest BCUT2D eigenvalue weighted by Gasteiger charge is 2.24. The summed E-state index contributed by atoms with van der Waals surface area (Å²) >= 11 is 7.58. The van der Waals surface area contributed by atoms with Crippen molar-refractivity contribution in [3.63, 3.8) is 0 Å². The van der Waals surface area contributed by atoms with Crippen LogP contribution in [-0.2, 0) is 4.79 Å². The van der Waals surface area contributed by atoms with Gasteiger partial charge in [-0.05, 0) is 28.8 Å². The van der Waals surface area contributed by atoms with Gasteiger partial charge >= 0.3 is 0 Å². The van der Waals surface area contributed by atoms with Crippen molar-refractivity contribution < 1.29 is 4.79 Å². The van der Waals surface area contributed by atoms with E-state index in [2.05, 4.69) is 5.32 Å².